The minimum Gasteiger partial charge on any atom is -0.320 e. The number of carbonyl (C=O) groups excluding carboxylic acids is 1. The molecule has 1 unspecified atom stereocenters. The normalized spacial score (nSPS) is 17.0. The summed E-state index contributed by atoms with van der Waals surface area (Å²) < 4.78 is 22.4. The van der Waals surface area contributed by atoms with Crippen molar-refractivity contribution < 1.29 is 13.2 Å². The highest BCUT2D eigenvalue weighted by molar-refractivity contribution is 7.90. The van der Waals surface area contributed by atoms with E-state index in [0.29, 0.717) is 6.54 Å². The van der Waals surface area contributed by atoms with Crippen LogP contribution in [0.15, 0.2) is 24.3 Å². The Kier molecular flexibility index (Phi) is 5.00. The summed E-state index contributed by atoms with van der Waals surface area (Å²) in [5.74, 6) is -0.247. The highest BCUT2D eigenvalue weighted by Gasteiger charge is 2.25. The molecular formula is C15H22N2O3S. The van der Waals surface area contributed by atoms with Gasteiger partial charge in [-0.2, -0.15) is 0 Å². The van der Waals surface area contributed by atoms with Crippen LogP contribution in [-0.4, -0.2) is 38.9 Å². The molecule has 0 saturated carbocycles. The van der Waals surface area contributed by atoms with E-state index in [4.69, 9.17) is 5.73 Å². The predicted octanol–water partition coefficient (Wildman–Crippen LogP) is 1.12. The number of amides is 1. The number of hydrogen-bond acceptors (Lipinski definition) is 4. The van der Waals surface area contributed by atoms with Gasteiger partial charge < -0.3 is 10.6 Å². The summed E-state index contributed by atoms with van der Waals surface area (Å²) >= 11 is 0. The average Bonchev–Trinajstić information content (AvgIpc) is 2.65. The molecule has 1 atom stereocenters. The van der Waals surface area contributed by atoms with Gasteiger partial charge in [0.1, 0.15) is 9.84 Å². The molecule has 5 nitrogen and oxygen atoms in total. The van der Waals surface area contributed by atoms with Gasteiger partial charge in [-0.25, -0.2) is 8.42 Å². The van der Waals surface area contributed by atoms with Crippen LogP contribution in [-0.2, 0) is 21.1 Å². The van der Waals surface area contributed by atoms with Gasteiger partial charge in [-0.1, -0.05) is 18.2 Å². The molecule has 0 bridgehead atoms. The van der Waals surface area contributed by atoms with Crippen LogP contribution in [0.3, 0.4) is 0 Å². The maximum absolute atomic E-state index is 12.5. The number of hydrogen-bond donors (Lipinski definition) is 1. The van der Waals surface area contributed by atoms with Crippen LogP contribution in [0.5, 0.6) is 0 Å². The topological polar surface area (TPSA) is 80.5 Å². The minimum atomic E-state index is -3.10. The molecule has 0 saturated heterocycles. The predicted molar refractivity (Wildman–Crippen MR) is 84.0 cm³/mol. The molecule has 21 heavy (non-hydrogen) atoms. The lowest BCUT2D eigenvalue weighted by Crippen LogP contribution is -2.45. The van der Waals surface area contributed by atoms with Crippen molar-refractivity contribution in [1.29, 1.82) is 0 Å². The Morgan fingerprint density at radius 2 is 2.05 bits per heavy atom. The molecule has 2 N–H and O–H groups in total. The van der Waals surface area contributed by atoms with E-state index in [1.807, 2.05) is 24.3 Å². The summed E-state index contributed by atoms with van der Waals surface area (Å²) in [4.78, 5) is 14.3. The van der Waals surface area contributed by atoms with Crippen LogP contribution in [0.4, 0.5) is 5.69 Å². The van der Waals surface area contributed by atoms with E-state index in [2.05, 4.69) is 0 Å². The van der Waals surface area contributed by atoms with Gasteiger partial charge in [0, 0.05) is 18.5 Å². The Hall–Kier alpha value is -1.40. The molecule has 1 amide bonds. The Bertz CT molecular complexity index is 613. The molecule has 6 heteroatoms. The first kappa shape index (κ1) is 16.0. The Labute approximate surface area is 126 Å². The van der Waals surface area contributed by atoms with E-state index in [-0.39, 0.29) is 18.1 Å². The van der Waals surface area contributed by atoms with Crippen molar-refractivity contribution in [3.63, 3.8) is 0 Å². The van der Waals surface area contributed by atoms with Crippen molar-refractivity contribution in [2.45, 2.75) is 31.7 Å². The van der Waals surface area contributed by atoms with Gasteiger partial charge in [0.15, 0.2) is 0 Å². The number of nitrogens with two attached hydrogens (primary N) is 1. The van der Waals surface area contributed by atoms with Crippen molar-refractivity contribution in [2.24, 2.45) is 5.73 Å². The third-order valence-electron chi connectivity index (χ3n) is 3.74. The number of para-hydroxylation sites is 1. The van der Waals surface area contributed by atoms with E-state index >= 15 is 0 Å². The van der Waals surface area contributed by atoms with Crippen LogP contribution < -0.4 is 10.6 Å². The number of fused-ring (bicyclic) bond motifs is 1. The highest BCUT2D eigenvalue weighted by atomic mass is 32.2. The lowest BCUT2D eigenvalue weighted by Gasteiger charge is -2.25. The molecule has 1 aliphatic heterocycles. The first-order valence-electron chi connectivity index (χ1n) is 7.21. The molecule has 1 aromatic rings. The van der Waals surface area contributed by atoms with Gasteiger partial charge in [0.2, 0.25) is 5.91 Å². The minimum absolute atomic E-state index is 0.0601. The molecule has 0 aliphatic carbocycles. The molecule has 2 rings (SSSR count). The number of anilines is 1. The van der Waals surface area contributed by atoms with Crippen molar-refractivity contribution in [3.05, 3.63) is 29.8 Å². The molecule has 116 valence electrons. The van der Waals surface area contributed by atoms with Crippen molar-refractivity contribution >= 4 is 21.4 Å². The van der Waals surface area contributed by atoms with E-state index in [1.165, 1.54) is 0 Å². The summed E-state index contributed by atoms with van der Waals surface area (Å²) in [5, 5.41) is 0. The molecule has 1 heterocycles. The van der Waals surface area contributed by atoms with Gasteiger partial charge in [-0.3, -0.25) is 4.79 Å². The second-order valence-corrected chi connectivity index (χ2v) is 7.86. The fourth-order valence-electron chi connectivity index (χ4n) is 2.58. The van der Waals surface area contributed by atoms with E-state index in [9.17, 15) is 13.2 Å². The number of benzene rings is 1. The Morgan fingerprint density at radius 1 is 1.33 bits per heavy atom. The van der Waals surface area contributed by atoms with Crippen LogP contribution in [0.25, 0.3) is 0 Å². The first-order chi connectivity index (χ1) is 9.88. The van der Waals surface area contributed by atoms with Crippen LogP contribution in [0.2, 0.25) is 0 Å². The fourth-order valence-corrected chi connectivity index (χ4v) is 3.27. The van der Waals surface area contributed by atoms with Crippen molar-refractivity contribution in [1.82, 2.24) is 0 Å². The molecule has 1 aliphatic rings. The maximum Gasteiger partial charge on any atom is 0.243 e. The number of aryl methyl sites for hydroxylation is 1. The van der Waals surface area contributed by atoms with Crippen LogP contribution in [0, 0.1) is 0 Å². The second kappa shape index (κ2) is 6.58. The monoisotopic (exact) mass is 310 g/mol. The number of sulfone groups is 1. The van der Waals surface area contributed by atoms with E-state index < -0.39 is 15.9 Å². The van der Waals surface area contributed by atoms with Gasteiger partial charge in [-0.05, 0) is 37.3 Å². The number of nitrogens with zero attached hydrogens (tertiary/aromatic N) is 1. The number of rotatable bonds is 4. The van der Waals surface area contributed by atoms with Gasteiger partial charge in [-0.15, -0.1) is 0 Å². The molecule has 0 spiro atoms. The van der Waals surface area contributed by atoms with Crippen LogP contribution >= 0.6 is 0 Å². The lowest BCUT2D eigenvalue weighted by molar-refractivity contribution is -0.119. The lowest BCUT2D eigenvalue weighted by atomic mass is 10.1. The van der Waals surface area contributed by atoms with Gasteiger partial charge in [0.25, 0.3) is 0 Å². The number of carbonyl (C=O) groups is 1. The third-order valence-corrected chi connectivity index (χ3v) is 4.72. The van der Waals surface area contributed by atoms with Gasteiger partial charge in [0.05, 0.1) is 11.8 Å². The zero-order valence-electron chi connectivity index (χ0n) is 12.3. The Balaban J connectivity index is 2.15. The summed E-state index contributed by atoms with van der Waals surface area (Å²) in [5.41, 5.74) is 7.97. The zero-order valence-corrected chi connectivity index (χ0v) is 13.1. The molecule has 0 aromatic heterocycles. The summed E-state index contributed by atoms with van der Waals surface area (Å²) in [6.07, 6.45) is 4.25. The second-order valence-electron chi connectivity index (χ2n) is 5.60. The van der Waals surface area contributed by atoms with Gasteiger partial charge >= 0.3 is 0 Å². The average molecular weight is 310 g/mol. The van der Waals surface area contributed by atoms with Crippen molar-refractivity contribution in [3.8, 4) is 0 Å². The molecule has 0 radical (unpaired) electrons. The summed E-state index contributed by atoms with van der Waals surface area (Å²) in [6, 6.07) is 7.07. The summed E-state index contributed by atoms with van der Waals surface area (Å²) in [6.45, 7) is 0.641. The fraction of sp³-hybridized carbons (Fsp3) is 0.533. The Morgan fingerprint density at radius 3 is 2.76 bits per heavy atom. The summed E-state index contributed by atoms with van der Waals surface area (Å²) in [7, 11) is -3.10. The maximum atomic E-state index is 12.5. The standard InChI is InChI=1S/C15H22N2O3S/c1-21(19,20)11-9-13(16)15(18)17-10-5-4-7-12-6-2-3-8-14(12)17/h2-3,6,8,13H,4-5,7,9-11,16H2,1H3. The molecular weight excluding hydrogens is 288 g/mol. The van der Waals surface area contributed by atoms with Crippen molar-refractivity contribution in [2.75, 3.05) is 23.5 Å². The SMILES string of the molecule is CS(=O)(=O)CCC(N)C(=O)N1CCCCc2ccccc21. The van der Waals surface area contributed by atoms with E-state index in [0.717, 1.165) is 36.8 Å². The highest BCUT2D eigenvalue weighted by Crippen LogP contribution is 2.26. The smallest absolute Gasteiger partial charge is 0.243 e. The largest absolute Gasteiger partial charge is 0.320 e. The zero-order chi connectivity index (χ0) is 15.5. The molecule has 0 fully saturated rings. The first-order valence-corrected chi connectivity index (χ1v) is 9.27. The quantitative estimate of drug-likeness (QED) is 0.903. The molecule has 1 aromatic carbocycles. The third kappa shape index (κ3) is 4.28. The van der Waals surface area contributed by atoms with Crippen LogP contribution in [0.1, 0.15) is 24.8 Å². The van der Waals surface area contributed by atoms with E-state index in [1.54, 1.807) is 4.90 Å².